The fourth-order valence-corrected chi connectivity index (χ4v) is 3.56. The molecule has 140 valence electrons. The lowest BCUT2D eigenvalue weighted by atomic mass is 10.2. The molecule has 7 nitrogen and oxygen atoms in total. The zero-order valence-corrected chi connectivity index (χ0v) is 15.4. The van der Waals surface area contributed by atoms with Gasteiger partial charge in [-0.25, -0.2) is 12.8 Å². The molecule has 2 aromatic carbocycles. The molecule has 10 heteroatoms. The molecule has 0 radical (unpaired) electrons. The van der Waals surface area contributed by atoms with Gasteiger partial charge in [0.05, 0.1) is 21.8 Å². The van der Waals surface area contributed by atoms with Gasteiger partial charge < -0.3 is 9.84 Å². The SMILES string of the molecule is Cc1oncc1C(=O)Nc1ccc(Cl)c(NS(=O)(=O)c2cccc(F)c2)c1. The third kappa shape index (κ3) is 4.26. The molecule has 0 atom stereocenters. The molecule has 3 rings (SSSR count). The molecule has 3 aromatic rings. The van der Waals surface area contributed by atoms with E-state index in [0.29, 0.717) is 11.4 Å². The summed E-state index contributed by atoms with van der Waals surface area (Å²) in [5.74, 6) is -0.822. The largest absolute Gasteiger partial charge is 0.361 e. The quantitative estimate of drug-likeness (QED) is 0.666. The third-order valence-corrected chi connectivity index (χ3v) is 5.26. The molecule has 0 saturated carbocycles. The van der Waals surface area contributed by atoms with Gasteiger partial charge in [-0.2, -0.15) is 0 Å². The number of nitrogens with zero attached hydrogens (tertiary/aromatic N) is 1. The number of carbonyl (C=O) groups is 1. The van der Waals surface area contributed by atoms with Gasteiger partial charge in [-0.15, -0.1) is 0 Å². The molecule has 0 unspecified atom stereocenters. The summed E-state index contributed by atoms with van der Waals surface area (Å²) in [4.78, 5) is 12.0. The van der Waals surface area contributed by atoms with Crippen molar-refractivity contribution in [3.05, 3.63) is 70.8 Å². The number of anilines is 2. The van der Waals surface area contributed by atoms with Crippen molar-refractivity contribution < 1.29 is 22.1 Å². The first-order valence-electron chi connectivity index (χ1n) is 7.57. The van der Waals surface area contributed by atoms with Crippen LogP contribution in [0.25, 0.3) is 0 Å². The van der Waals surface area contributed by atoms with E-state index in [4.69, 9.17) is 16.1 Å². The Bertz CT molecular complexity index is 1110. The maximum Gasteiger partial charge on any atom is 0.262 e. The first-order chi connectivity index (χ1) is 12.8. The van der Waals surface area contributed by atoms with Crippen LogP contribution in [0.15, 0.2) is 58.1 Å². The molecule has 2 N–H and O–H groups in total. The summed E-state index contributed by atoms with van der Waals surface area (Å²) in [5.41, 5.74) is 0.564. The van der Waals surface area contributed by atoms with Gasteiger partial charge in [0, 0.05) is 5.69 Å². The van der Waals surface area contributed by atoms with Gasteiger partial charge in [0.25, 0.3) is 15.9 Å². The van der Waals surface area contributed by atoms with Gasteiger partial charge >= 0.3 is 0 Å². The van der Waals surface area contributed by atoms with Crippen LogP contribution < -0.4 is 10.0 Å². The Balaban J connectivity index is 1.85. The molecule has 0 aliphatic rings. The van der Waals surface area contributed by atoms with Crippen LogP contribution in [0.4, 0.5) is 15.8 Å². The first kappa shape index (κ1) is 18.9. The smallest absolute Gasteiger partial charge is 0.262 e. The predicted molar refractivity (Wildman–Crippen MR) is 97.9 cm³/mol. The Hall–Kier alpha value is -2.91. The molecule has 27 heavy (non-hydrogen) atoms. The number of benzene rings is 2. The van der Waals surface area contributed by atoms with Crippen LogP contribution in [0.1, 0.15) is 16.1 Å². The molecule has 0 spiro atoms. The highest BCUT2D eigenvalue weighted by molar-refractivity contribution is 7.92. The number of sulfonamides is 1. The highest BCUT2D eigenvalue weighted by atomic mass is 35.5. The lowest BCUT2D eigenvalue weighted by Gasteiger charge is -2.12. The van der Waals surface area contributed by atoms with Crippen LogP contribution in [0.3, 0.4) is 0 Å². The normalized spacial score (nSPS) is 11.2. The Morgan fingerprint density at radius 2 is 2.00 bits per heavy atom. The Labute approximate surface area is 159 Å². The maximum absolute atomic E-state index is 13.3. The standard InChI is InChI=1S/C17H13ClFN3O4S/c1-10-14(9-20-26-10)17(23)21-12-5-6-15(18)16(8-12)22-27(24,25)13-4-2-3-11(19)7-13/h2-9,22H,1H3,(H,21,23). The fourth-order valence-electron chi connectivity index (χ4n) is 2.23. The van der Waals surface area contributed by atoms with Gasteiger partial charge in [-0.05, 0) is 43.3 Å². The number of aromatic nitrogens is 1. The van der Waals surface area contributed by atoms with E-state index >= 15 is 0 Å². The predicted octanol–water partition coefficient (Wildman–Crippen LogP) is 3.83. The molecule has 0 bridgehead atoms. The van der Waals surface area contributed by atoms with E-state index < -0.39 is 21.7 Å². The number of hydrogen-bond acceptors (Lipinski definition) is 5. The zero-order valence-electron chi connectivity index (χ0n) is 13.9. The lowest BCUT2D eigenvalue weighted by molar-refractivity contribution is 0.102. The van der Waals surface area contributed by atoms with Gasteiger partial charge in [0.15, 0.2) is 0 Å². The molecular formula is C17H13ClFN3O4S. The van der Waals surface area contributed by atoms with Crippen molar-refractivity contribution in [2.24, 2.45) is 0 Å². The summed E-state index contributed by atoms with van der Waals surface area (Å²) in [7, 11) is -4.07. The van der Waals surface area contributed by atoms with Crippen molar-refractivity contribution in [3.8, 4) is 0 Å². The van der Waals surface area contributed by atoms with Crippen LogP contribution in [0.2, 0.25) is 5.02 Å². The number of halogens is 2. The fraction of sp³-hybridized carbons (Fsp3) is 0.0588. The Morgan fingerprint density at radius 3 is 2.67 bits per heavy atom. The minimum absolute atomic E-state index is 0.0285. The Morgan fingerprint density at radius 1 is 1.22 bits per heavy atom. The number of amides is 1. The van der Waals surface area contributed by atoms with Crippen LogP contribution in [-0.2, 0) is 10.0 Å². The van der Waals surface area contributed by atoms with Crippen molar-refractivity contribution in [1.29, 1.82) is 0 Å². The molecule has 1 aromatic heterocycles. The van der Waals surface area contributed by atoms with Gasteiger partial charge in [0.2, 0.25) is 0 Å². The monoisotopic (exact) mass is 409 g/mol. The van der Waals surface area contributed by atoms with Crippen LogP contribution in [0.5, 0.6) is 0 Å². The number of aryl methyl sites for hydroxylation is 1. The summed E-state index contributed by atoms with van der Waals surface area (Å²) < 4.78 is 45.3. The average Bonchev–Trinajstić information content (AvgIpc) is 3.04. The molecule has 0 aliphatic heterocycles. The van der Waals surface area contributed by atoms with Crippen LogP contribution >= 0.6 is 11.6 Å². The highest BCUT2D eigenvalue weighted by Gasteiger charge is 2.18. The van der Waals surface area contributed by atoms with Gasteiger partial charge in [-0.1, -0.05) is 22.8 Å². The topological polar surface area (TPSA) is 101 Å². The minimum Gasteiger partial charge on any atom is -0.361 e. The number of hydrogen-bond donors (Lipinski definition) is 2. The molecule has 1 heterocycles. The molecule has 1 amide bonds. The van der Waals surface area contributed by atoms with E-state index in [1.165, 1.54) is 36.5 Å². The van der Waals surface area contributed by atoms with Crippen molar-refractivity contribution in [3.63, 3.8) is 0 Å². The second-order valence-electron chi connectivity index (χ2n) is 5.51. The summed E-state index contributed by atoms with van der Waals surface area (Å²) >= 11 is 6.04. The molecule has 0 saturated heterocycles. The van der Waals surface area contributed by atoms with E-state index in [1.54, 1.807) is 6.92 Å². The van der Waals surface area contributed by atoms with Crippen molar-refractivity contribution >= 4 is 38.9 Å². The third-order valence-electron chi connectivity index (χ3n) is 3.57. The van der Waals surface area contributed by atoms with Crippen molar-refractivity contribution in [2.45, 2.75) is 11.8 Å². The first-order valence-corrected chi connectivity index (χ1v) is 9.43. The second-order valence-corrected chi connectivity index (χ2v) is 7.60. The van der Waals surface area contributed by atoms with E-state index in [-0.39, 0.29) is 21.2 Å². The summed E-state index contributed by atoms with van der Waals surface area (Å²) in [6.45, 7) is 1.59. The molecule has 0 fully saturated rings. The number of nitrogens with one attached hydrogen (secondary N) is 2. The van der Waals surface area contributed by atoms with Crippen molar-refractivity contribution in [1.82, 2.24) is 5.16 Å². The molecular weight excluding hydrogens is 397 g/mol. The minimum atomic E-state index is -4.07. The molecule has 0 aliphatic carbocycles. The van der Waals surface area contributed by atoms with E-state index in [0.717, 1.165) is 12.1 Å². The van der Waals surface area contributed by atoms with Gasteiger partial charge in [0.1, 0.15) is 17.1 Å². The average molecular weight is 410 g/mol. The van der Waals surface area contributed by atoms with E-state index in [9.17, 15) is 17.6 Å². The Kier molecular flexibility index (Phi) is 5.15. The van der Waals surface area contributed by atoms with Gasteiger partial charge in [-0.3, -0.25) is 9.52 Å². The zero-order chi connectivity index (χ0) is 19.6. The number of carbonyl (C=O) groups excluding carboxylic acids is 1. The highest BCUT2D eigenvalue weighted by Crippen LogP contribution is 2.28. The van der Waals surface area contributed by atoms with E-state index in [1.807, 2.05) is 0 Å². The lowest BCUT2D eigenvalue weighted by Crippen LogP contribution is -2.15. The van der Waals surface area contributed by atoms with E-state index in [2.05, 4.69) is 15.2 Å². The maximum atomic E-state index is 13.3. The summed E-state index contributed by atoms with van der Waals surface area (Å²) in [6, 6.07) is 8.82. The van der Waals surface area contributed by atoms with Crippen LogP contribution in [0, 0.1) is 12.7 Å². The van der Waals surface area contributed by atoms with Crippen LogP contribution in [-0.4, -0.2) is 19.5 Å². The second kappa shape index (κ2) is 7.37. The van der Waals surface area contributed by atoms with Crippen molar-refractivity contribution in [2.75, 3.05) is 10.0 Å². The summed E-state index contributed by atoms with van der Waals surface area (Å²) in [6.07, 6.45) is 1.27. The number of rotatable bonds is 5. The summed E-state index contributed by atoms with van der Waals surface area (Å²) in [5, 5.41) is 6.23.